The van der Waals surface area contributed by atoms with Crippen molar-refractivity contribution in [2.75, 3.05) is 0 Å². The monoisotopic (exact) mass is 310 g/mol. The Balaban J connectivity index is 2.20. The number of benzene rings is 1. The summed E-state index contributed by atoms with van der Waals surface area (Å²) in [5, 5.41) is 2.09. The van der Waals surface area contributed by atoms with Gasteiger partial charge in [-0.1, -0.05) is 34.1 Å². The number of thiophene rings is 1. The molecule has 2 nitrogen and oxygen atoms in total. The Hall–Kier alpha value is -0.680. The Kier molecular flexibility index (Phi) is 4.34. The Labute approximate surface area is 114 Å². The van der Waals surface area contributed by atoms with Crippen LogP contribution in [0.3, 0.4) is 0 Å². The predicted molar refractivity (Wildman–Crippen MR) is 77.0 cm³/mol. The second kappa shape index (κ2) is 5.78. The lowest BCUT2D eigenvalue weighted by atomic mass is 10.0. The number of halogens is 1. The lowest BCUT2D eigenvalue weighted by Crippen LogP contribution is -2.29. The average Bonchev–Trinajstić information content (AvgIpc) is 2.82. The second-order valence-electron chi connectivity index (χ2n) is 4.01. The molecule has 2 aromatic rings. The molecule has 0 radical (unpaired) electrons. The predicted octanol–water partition coefficient (Wildman–Crippen LogP) is 3.57. The van der Waals surface area contributed by atoms with Gasteiger partial charge in [-0.2, -0.15) is 0 Å². The standard InChI is InChI=1S/C13H15BrN2S/c1-9-4-5-10(7-12(9)14)13(16-15)8-11-3-2-6-17-11/h2-7,13,16H,8,15H2,1H3. The van der Waals surface area contributed by atoms with E-state index in [-0.39, 0.29) is 6.04 Å². The van der Waals surface area contributed by atoms with Crippen LogP contribution in [0.25, 0.3) is 0 Å². The van der Waals surface area contributed by atoms with E-state index in [1.807, 2.05) is 0 Å². The molecule has 1 atom stereocenters. The van der Waals surface area contributed by atoms with Crippen molar-refractivity contribution >= 4 is 27.3 Å². The first-order valence-electron chi connectivity index (χ1n) is 5.45. The van der Waals surface area contributed by atoms with E-state index in [1.54, 1.807) is 11.3 Å². The summed E-state index contributed by atoms with van der Waals surface area (Å²) in [5.74, 6) is 5.65. The van der Waals surface area contributed by atoms with Crippen LogP contribution in [0.5, 0.6) is 0 Å². The fraction of sp³-hybridized carbons (Fsp3) is 0.231. The highest BCUT2D eigenvalue weighted by Gasteiger charge is 2.12. The molecule has 1 unspecified atom stereocenters. The molecular weight excluding hydrogens is 296 g/mol. The van der Waals surface area contributed by atoms with Crippen molar-refractivity contribution < 1.29 is 0 Å². The van der Waals surface area contributed by atoms with E-state index in [0.29, 0.717) is 0 Å². The quantitative estimate of drug-likeness (QED) is 0.669. The lowest BCUT2D eigenvalue weighted by Gasteiger charge is -2.16. The van der Waals surface area contributed by atoms with Crippen molar-refractivity contribution in [2.24, 2.45) is 5.84 Å². The highest BCUT2D eigenvalue weighted by molar-refractivity contribution is 9.10. The summed E-state index contributed by atoms with van der Waals surface area (Å²) in [6.07, 6.45) is 0.920. The largest absolute Gasteiger partial charge is 0.271 e. The molecule has 2 rings (SSSR count). The number of aryl methyl sites for hydroxylation is 1. The van der Waals surface area contributed by atoms with Crippen LogP contribution in [0.1, 0.15) is 22.0 Å². The zero-order valence-corrected chi connectivity index (χ0v) is 12.0. The van der Waals surface area contributed by atoms with E-state index >= 15 is 0 Å². The molecule has 0 bridgehead atoms. The van der Waals surface area contributed by atoms with Gasteiger partial charge in [-0.15, -0.1) is 11.3 Å². The number of hydrogen-bond acceptors (Lipinski definition) is 3. The molecule has 0 aliphatic heterocycles. The minimum Gasteiger partial charge on any atom is -0.271 e. The molecule has 1 aromatic carbocycles. The zero-order valence-electron chi connectivity index (χ0n) is 9.61. The van der Waals surface area contributed by atoms with Crippen LogP contribution in [0.15, 0.2) is 40.2 Å². The maximum Gasteiger partial charge on any atom is 0.0508 e. The van der Waals surface area contributed by atoms with E-state index in [1.165, 1.54) is 16.0 Å². The van der Waals surface area contributed by atoms with Crippen molar-refractivity contribution in [3.05, 3.63) is 56.2 Å². The third-order valence-electron chi connectivity index (χ3n) is 2.78. The van der Waals surface area contributed by atoms with Gasteiger partial charge in [0.2, 0.25) is 0 Å². The molecule has 0 aliphatic rings. The van der Waals surface area contributed by atoms with Gasteiger partial charge in [-0.05, 0) is 35.6 Å². The van der Waals surface area contributed by atoms with Crippen LogP contribution in [-0.2, 0) is 6.42 Å². The van der Waals surface area contributed by atoms with E-state index in [0.717, 1.165) is 10.9 Å². The van der Waals surface area contributed by atoms with Gasteiger partial charge in [0.25, 0.3) is 0 Å². The summed E-state index contributed by atoms with van der Waals surface area (Å²) in [7, 11) is 0. The third kappa shape index (κ3) is 3.16. The number of rotatable bonds is 4. The van der Waals surface area contributed by atoms with E-state index in [9.17, 15) is 0 Å². The summed E-state index contributed by atoms with van der Waals surface area (Å²) in [5.41, 5.74) is 5.33. The molecule has 0 aliphatic carbocycles. The Morgan fingerprint density at radius 1 is 1.41 bits per heavy atom. The number of hydrazine groups is 1. The topological polar surface area (TPSA) is 38.0 Å². The second-order valence-corrected chi connectivity index (χ2v) is 5.90. The maximum atomic E-state index is 5.65. The van der Waals surface area contributed by atoms with Crippen LogP contribution >= 0.6 is 27.3 Å². The normalized spacial score (nSPS) is 12.6. The Morgan fingerprint density at radius 2 is 2.24 bits per heavy atom. The van der Waals surface area contributed by atoms with Crippen LogP contribution in [-0.4, -0.2) is 0 Å². The summed E-state index contributed by atoms with van der Waals surface area (Å²) >= 11 is 5.32. The van der Waals surface area contributed by atoms with Crippen molar-refractivity contribution in [3.63, 3.8) is 0 Å². The molecule has 90 valence electrons. The van der Waals surface area contributed by atoms with Gasteiger partial charge in [0.15, 0.2) is 0 Å². The van der Waals surface area contributed by atoms with E-state index in [4.69, 9.17) is 5.84 Å². The number of nitrogens with one attached hydrogen (secondary N) is 1. The SMILES string of the molecule is Cc1ccc(C(Cc2cccs2)NN)cc1Br. The number of nitrogens with two attached hydrogens (primary N) is 1. The molecule has 1 aromatic heterocycles. The lowest BCUT2D eigenvalue weighted by molar-refractivity contribution is 0.555. The molecule has 3 N–H and O–H groups in total. The molecule has 0 saturated carbocycles. The van der Waals surface area contributed by atoms with Crippen molar-refractivity contribution in [1.82, 2.24) is 5.43 Å². The summed E-state index contributed by atoms with van der Waals surface area (Å²) in [4.78, 5) is 1.34. The van der Waals surface area contributed by atoms with Gasteiger partial charge in [0.1, 0.15) is 0 Å². The van der Waals surface area contributed by atoms with Crippen LogP contribution in [0, 0.1) is 6.92 Å². The Morgan fingerprint density at radius 3 is 2.82 bits per heavy atom. The first kappa shape index (κ1) is 12.8. The molecule has 0 fully saturated rings. The molecular formula is C13H15BrN2S. The van der Waals surface area contributed by atoms with Crippen LogP contribution in [0.2, 0.25) is 0 Å². The highest BCUT2D eigenvalue weighted by atomic mass is 79.9. The van der Waals surface area contributed by atoms with Gasteiger partial charge in [0.05, 0.1) is 6.04 Å². The highest BCUT2D eigenvalue weighted by Crippen LogP contribution is 2.25. The fourth-order valence-electron chi connectivity index (χ4n) is 1.73. The van der Waals surface area contributed by atoms with E-state index in [2.05, 4.69) is 64.0 Å². The van der Waals surface area contributed by atoms with Crippen molar-refractivity contribution in [2.45, 2.75) is 19.4 Å². The summed E-state index contributed by atoms with van der Waals surface area (Å²) < 4.78 is 1.13. The first-order valence-corrected chi connectivity index (χ1v) is 7.12. The summed E-state index contributed by atoms with van der Waals surface area (Å²) in [6.45, 7) is 2.08. The van der Waals surface area contributed by atoms with Gasteiger partial charge in [-0.3, -0.25) is 11.3 Å². The van der Waals surface area contributed by atoms with Crippen molar-refractivity contribution in [1.29, 1.82) is 0 Å². The third-order valence-corrected chi connectivity index (χ3v) is 4.54. The van der Waals surface area contributed by atoms with Gasteiger partial charge in [0, 0.05) is 15.8 Å². The average molecular weight is 311 g/mol. The van der Waals surface area contributed by atoms with Gasteiger partial charge in [-0.25, -0.2) is 0 Å². The minimum absolute atomic E-state index is 0.158. The van der Waals surface area contributed by atoms with E-state index < -0.39 is 0 Å². The molecule has 0 saturated heterocycles. The number of hydrogen-bond donors (Lipinski definition) is 2. The Bertz CT molecular complexity index is 482. The van der Waals surface area contributed by atoms with Gasteiger partial charge >= 0.3 is 0 Å². The molecule has 1 heterocycles. The molecule has 0 spiro atoms. The van der Waals surface area contributed by atoms with Gasteiger partial charge < -0.3 is 0 Å². The minimum atomic E-state index is 0.158. The van der Waals surface area contributed by atoms with Crippen molar-refractivity contribution in [3.8, 4) is 0 Å². The van der Waals surface area contributed by atoms with Crippen LogP contribution < -0.4 is 11.3 Å². The zero-order chi connectivity index (χ0) is 12.3. The van der Waals surface area contributed by atoms with Crippen LogP contribution in [0.4, 0.5) is 0 Å². The molecule has 4 heteroatoms. The smallest absolute Gasteiger partial charge is 0.0508 e. The molecule has 0 amide bonds. The fourth-order valence-corrected chi connectivity index (χ4v) is 2.88. The summed E-state index contributed by atoms with van der Waals surface area (Å²) in [6, 6.07) is 10.7. The molecule has 17 heavy (non-hydrogen) atoms. The maximum absolute atomic E-state index is 5.65. The first-order chi connectivity index (χ1) is 8.20.